The number of fused-ring (bicyclic) bond motifs is 2. The SMILES string of the molecule is C[C@@H]1Cc2c(C(=O)N3CCc4c(ccc(F)c4F)C3)nn(C)c2[C@H](C)O1. The molecule has 2 aromatic rings. The predicted molar refractivity (Wildman–Crippen MR) is 90.7 cm³/mol. The number of aromatic nitrogens is 2. The van der Waals surface area contributed by atoms with Crippen LogP contribution < -0.4 is 0 Å². The van der Waals surface area contributed by atoms with Crippen molar-refractivity contribution in [2.45, 2.75) is 45.4 Å². The Labute approximate surface area is 150 Å². The minimum absolute atomic E-state index is 0.0207. The van der Waals surface area contributed by atoms with Gasteiger partial charge in [-0.2, -0.15) is 5.10 Å². The molecule has 0 saturated heterocycles. The van der Waals surface area contributed by atoms with Gasteiger partial charge in [0.15, 0.2) is 17.3 Å². The van der Waals surface area contributed by atoms with Gasteiger partial charge >= 0.3 is 0 Å². The van der Waals surface area contributed by atoms with Crippen molar-refractivity contribution in [3.63, 3.8) is 0 Å². The van der Waals surface area contributed by atoms with E-state index in [0.29, 0.717) is 36.2 Å². The van der Waals surface area contributed by atoms with Gasteiger partial charge in [-0.25, -0.2) is 8.78 Å². The molecule has 5 nitrogen and oxygen atoms in total. The van der Waals surface area contributed by atoms with Gasteiger partial charge in [0, 0.05) is 32.1 Å². The molecular formula is C19H21F2N3O2. The highest BCUT2D eigenvalue weighted by Crippen LogP contribution is 2.33. The van der Waals surface area contributed by atoms with Crippen LogP contribution in [0.5, 0.6) is 0 Å². The molecule has 7 heteroatoms. The smallest absolute Gasteiger partial charge is 0.274 e. The molecule has 0 radical (unpaired) electrons. The molecule has 26 heavy (non-hydrogen) atoms. The molecule has 0 bridgehead atoms. The number of amides is 1. The van der Waals surface area contributed by atoms with E-state index in [-0.39, 0.29) is 24.7 Å². The fourth-order valence-corrected chi connectivity index (χ4v) is 4.12. The zero-order valence-electron chi connectivity index (χ0n) is 15.1. The maximum Gasteiger partial charge on any atom is 0.274 e. The minimum atomic E-state index is -0.842. The van der Waals surface area contributed by atoms with Crippen molar-refractivity contribution in [1.82, 2.24) is 14.7 Å². The molecule has 3 heterocycles. The molecule has 0 aliphatic carbocycles. The molecule has 0 unspecified atom stereocenters. The molecule has 2 aliphatic rings. The number of hydrogen-bond donors (Lipinski definition) is 0. The number of halogens is 2. The number of aryl methyl sites for hydroxylation is 1. The normalized spacial score (nSPS) is 22.1. The molecule has 2 atom stereocenters. The number of nitrogens with zero attached hydrogens (tertiary/aromatic N) is 3. The quantitative estimate of drug-likeness (QED) is 0.785. The van der Waals surface area contributed by atoms with Crippen LogP contribution in [0.4, 0.5) is 8.78 Å². The summed E-state index contributed by atoms with van der Waals surface area (Å²) in [6, 6.07) is 2.67. The predicted octanol–water partition coefficient (Wildman–Crippen LogP) is 2.92. The van der Waals surface area contributed by atoms with Gasteiger partial charge < -0.3 is 9.64 Å². The second-order valence-electron chi connectivity index (χ2n) is 7.10. The van der Waals surface area contributed by atoms with Crippen LogP contribution in [0.1, 0.15) is 52.8 Å². The Morgan fingerprint density at radius 1 is 1.27 bits per heavy atom. The second kappa shape index (κ2) is 6.16. The monoisotopic (exact) mass is 361 g/mol. The van der Waals surface area contributed by atoms with Gasteiger partial charge in [0.2, 0.25) is 0 Å². The minimum Gasteiger partial charge on any atom is -0.369 e. The second-order valence-corrected chi connectivity index (χ2v) is 7.10. The standard InChI is InChI=1S/C19H21F2N3O2/c1-10-8-14-17(22-23(3)18(14)11(2)26-10)19(25)24-7-6-13-12(9-24)4-5-15(20)16(13)21/h4-5,10-11H,6-9H2,1-3H3/t10-,11+/m1/s1. The van der Waals surface area contributed by atoms with E-state index in [4.69, 9.17) is 4.74 Å². The summed E-state index contributed by atoms with van der Waals surface area (Å²) in [7, 11) is 1.81. The lowest BCUT2D eigenvalue weighted by Crippen LogP contribution is -2.37. The van der Waals surface area contributed by atoms with Crippen molar-refractivity contribution < 1.29 is 18.3 Å². The van der Waals surface area contributed by atoms with Crippen molar-refractivity contribution in [2.75, 3.05) is 6.54 Å². The highest BCUT2D eigenvalue weighted by atomic mass is 19.2. The van der Waals surface area contributed by atoms with E-state index in [9.17, 15) is 13.6 Å². The largest absolute Gasteiger partial charge is 0.369 e. The Kier molecular flexibility index (Phi) is 4.06. The summed E-state index contributed by atoms with van der Waals surface area (Å²) < 4.78 is 34.9. The van der Waals surface area contributed by atoms with Crippen molar-refractivity contribution in [1.29, 1.82) is 0 Å². The molecule has 1 amide bonds. The van der Waals surface area contributed by atoms with E-state index in [2.05, 4.69) is 5.10 Å². The number of benzene rings is 1. The van der Waals surface area contributed by atoms with E-state index in [1.165, 1.54) is 0 Å². The molecule has 0 spiro atoms. The van der Waals surface area contributed by atoms with Crippen molar-refractivity contribution in [2.24, 2.45) is 7.05 Å². The van der Waals surface area contributed by atoms with Gasteiger partial charge in [-0.05, 0) is 37.5 Å². The molecule has 1 aromatic carbocycles. The summed E-state index contributed by atoms with van der Waals surface area (Å²) in [6.45, 7) is 4.55. The molecular weight excluding hydrogens is 340 g/mol. The average Bonchev–Trinajstić information content (AvgIpc) is 2.94. The number of carbonyl (C=O) groups excluding carboxylic acids is 1. The Morgan fingerprint density at radius 3 is 2.81 bits per heavy atom. The van der Waals surface area contributed by atoms with Gasteiger partial charge in [0.05, 0.1) is 17.9 Å². The Bertz CT molecular complexity index is 893. The summed E-state index contributed by atoms with van der Waals surface area (Å²) in [6.07, 6.45) is 0.841. The molecule has 0 fully saturated rings. The van der Waals surface area contributed by atoms with Crippen LogP contribution in [0, 0.1) is 11.6 Å². The zero-order valence-corrected chi connectivity index (χ0v) is 15.1. The zero-order chi connectivity index (χ0) is 18.6. The maximum atomic E-state index is 13.9. The highest BCUT2D eigenvalue weighted by Gasteiger charge is 2.34. The lowest BCUT2D eigenvalue weighted by molar-refractivity contribution is -0.00907. The van der Waals surface area contributed by atoms with Crippen LogP contribution in [0.15, 0.2) is 12.1 Å². The first-order chi connectivity index (χ1) is 12.4. The molecule has 0 N–H and O–H groups in total. The van der Waals surface area contributed by atoms with E-state index in [1.807, 2.05) is 20.9 Å². The van der Waals surface area contributed by atoms with Gasteiger partial charge in [-0.3, -0.25) is 9.48 Å². The van der Waals surface area contributed by atoms with Crippen LogP contribution in [0.3, 0.4) is 0 Å². The first-order valence-electron chi connectivity index (χ1n) is 8.83. The lowest BCUT2D eigenvalue weighted by atomic mass is 9.96. The Morgan fingerprint density at radius 2 is 2.04 bits per heavy atom. The summed E-state index contributed by atoms with van der Waals surface area (Å²) in [5.74, 6) is -1.81. The summed E-state index contributed by atoms with van der Waals surface area (Å²) in [5.41, 5.74) is 3.32. The highest BCUT2D eigenvalue weighted by molar-refractivity contribution is 5.94. The molecule has 0 saturated carbocycles. The number of ether oxygens (including phenoxy) is 1. The number of hydrogen-bond acceptors (Lipinski definition) is 3. The first kappa shape index (κ1) is 17.1. The third kappa shape index (κ3) is 2.61. The van der Waals surface area contributed by atoms with Crippen molar-refractivity contribution >= 4 is 5.91 Å². The molecule has 138 valence electrons. The van der Waals surface area contributed by atoms with Crippen molar-refractivity contribution in [3.8, 4) is 0 Å². The van der Waals surface area contributed by atoms with Gasteiger partial charge in [0.1, 0.15) is 0 Å². The molecule has 1 aromatic heterocycles. The maximum absolute atomic E-state index is 13.9. The lowest BCUT2D eigenvalue weighted by Gasteiger charge is -2.30. The van der Waals surface area contributed by atoms with Gasteiger partial charge in [-0.15, -0.1) is 0 Å². The fourth-order valence-electron chi connectivity index (χ4n) is 4.12. The molecule has 4 rings (SSSR count). The first-order valence-corrected chi connectivity index (χ1v) is 8.83. The van der Waals surface area contributed by atoms with Crippen LogP contribution in [0.25, 0.3) is 0 Å². The van der Waals surface area contributed by atoms with E-state index in [0.717, 1.165) is 17.3 Å². The van der Waals surface area contributed by atoms with Crippen LogP contribution in [0.2, 0.25) is 0 Å². The number of rotatable bonds is 1. The van der Waals surface area contributed by atoms with Crippen LogP contribution in [-0.2, 0) is 31.2 Å². The third-order valence-electron chi connectivity index (χ3n) is 5.28. The molecule has 2 aliphatic heterocycles. The van der Waals surface area contributed by atoms with E-state index in [1.54, 1.807) is 15.6 Å². The van der Waals surface area contributed by atoms with Gasteiger partial charge in [-0.1, -0.05) is 6.07 Å². The van der Waals surface area contributed by atoms with E-state index >= 15 is 0 Å². The summed E-state index contributed by atoms with van der Waals surface area (Å²) in [4.78, 5) is 14.8. The topological polar surface area (TPSA) is 47.4 Å². The average molecular weight is 361 g/mol. The fraction of sp³-hybridized carbons (Fsp3) is 0.474. The Balaban J connectivity index is 1.65. The van der Waals surface area contributed by atoms with Gasteiger partial charge in [0.25, 0.3) is 5.91 Å². The van der Waals surface area contributed by atoms with Crippen molar-refractivity contribution in [3.05, 3.63) is 51.8 Å². The summed E-state index contributed by atoms with van der Waals surface area (Å²) >= 11 is 0. The van der Waals surface area contributed by atoms with Crippen LogP contribution in [-0.4, -0.2) is 33.2 Å². The van der Waals surface area contributed by atoms with Crippen LogP contribution >= 0.6 is 0 Å². The third-order valence-corrected chi connectivity index (χ3v) is 5.28. The van der Waals surface area contributed by atoms with E-state index < -0.39 is 11.6 Å². The Hall–Kier alpha value is -2.28. The summed E-state index contributed by atoms with van der Waals surface area (Å²) in [5, 5.41) is 4.45. The number of carbonyl (C=O) groups is 1.